The second-order valence-corrected chi connectivity index (χ2v) is 7.03. The van der Waals surface area contributed by atoms with Crippen LogP contribution in [-0.2, 0) is 0 Å². The van der Waals surface area contributed by atoms with E-state index in [2.05, 4.69) is 76.7 Å². The largest absolute Gasteiger partial charge is 0.356 e. The van der Waals surface area contributed by atoms with Crippen molar-refractivity contribution in [3.05, 3.63) is 35.9 Å². The molecule has 1 fully saturated rings. The number of likely N-dealkylation sites (N-methyl/N-ethyl adjacent to an activating group) is 1. The lowest BCUT2D eigenvalue weighted by Crippen LogP contribution is -2.48. The molecule has 0 saturated carbocycles. The van der Waals surface area contributed by atoms with Crippen molar-refractivity contribution in [2.24, 2.45) is 4.99 Å². The smallest absolute Gasteiger partial charge is 0.191 e. The zero-order chi connectivity index (χ0) is 18.1. The Morgan fingerprint density at radius 3 is 2.72 bits per heavy atom. The molecule has 1 aliphatic rings. The van der Waals surface area contributed by atoms with Crippen molar-refractivity contribution in [3.8, 4) is 0 Å². The van der Waals surface area contributed by atoms with Crippen LogP contribution in [-0.4, -0.2) is 68.6 Å². The monoisotopic (exact) mass is 345 g/mol. The van der Waals surface area contributed by atoms with Crippen LogP contribution in [0, 0.1) is 0 Å². The van der Waals surface area contributed by atoms with Gasteiger partial charge in [0.2, 0.25) is 0 Å². The molecule has 2 atom stereocenters. The molecular formula is C20H35N5. The van der Waals surface area contributed by atoms with Crippen molar-refractivity contribution in [2.75, 3.05) is 46.8 Å². The first-order chi connectivity index (χ1) is 12.1. The van der Waals surface area contributed by atoms with E-state index in [9.17, 15) is 0 Å². The van der Waals surface area contributed by atoms with E-state index >= 15 is 0 Å². The van der Waals surface area contributed by atoms with Gasteiger partial charge in [-0.15, -0.1) is 0 Å². The number of hydrogen-bond acceptors (Lipinski definition) is 3. The molecule has 0 amide bonds. The second-order valence-electron chi connectivity index (χ2n) is 7.03. The predicted octanol–water partition coefficient (Wildman–Crippen LogP) is 2.33. The van der Waals surface area contributed by atoms with Crippen molar-refractivity contribution < 1.29 is 0 Å². The summed E-state index contributed by atoms with van der Waals surface area (Å²) in [7, 11) is 4.06. The van der Waals surface area contributed by atoms with Crippen molar-refractivity contribution >= 4 is 5.96 Å². The molecular weight excluding hydrogens is 310 g/mol. The number of benzene rings is 1. The zero-order valence-electron chi connectivity index (χ0n) is 16.3. The molecule has 1 heterocycles. The molecule has 1 aromatic rings. The van der Waals surface area contributed by atoms with Crippen LogP contribution in [0.3, 0.4) is 0 Å². The molecule has 2 unspecified atom stereocenters. The van der Waals surface area contributed by atoms with Crippen LogP contribution < -0.4 is 10.6 Å². The maximum absolute atomic E-state index is 4.31. The number of rotatable bonds is 7. The lowest BCUT2D eigenvalue weighted by atomic mass is 10.0. The summed E-state index contributed by atoms with van der Waals surface area (Å²) in [5.74, 6) is 0.910. The molecule has 25 heavy (non-hydrogen) atoms. The van der Waals surface area contributed by atoms with Gasteiger partial charge in [0.25, 0.3) is 0 Å². The minimum Gasteiger partial charge on any atom is -0.356 e. The summed E-state index contributed by atoms with van der Waals surface area (Å²) in [6.07, 6.45) is 2.22. The molecule has 1 aliphatic heterocycles. The minimum absolute atomic E-state index is 0.450. The lowest BCUT2D eigenvalue weighted by Gasteiger charge is -2.40. The Kier molecular flexibility index (Phi) is 8.22. The number of nitrogens with one attached hydrogen (secondary N) is 2. The Bertz CT molecular complexity index is 516. The Hall–Kier alpha value is -1.59. The maximum atomic E-state index is 4.31. The van der Waals surface area contributed by atoms with Crippen LogP contribution in [0.15, 0.2) is 35.3 Å². The molecule has 140 valence electrons. The Morgan fingerprint density at radius 1 is 1.28 bits per heavy atom. The fourth-order valence-corrected chi connectivity index (χ4v) is 3.24. The van der Waals surface area contributed by atoms with Gasteiger partial charge in [-0.2, -0.15) is 0 Å². The third-order valence-electron chi connectivity index (χ3n) is 5.01. The average molecular weight is 346 g/mol. The standard InChI is InChI=1S/C20H35N5/c1-5-17(2)23-20(21-3)22-12-9-13-25-15-14-24(4)16-19(25)18-10-7-6-8-11-18/h6-8,10-11,17,19H,5,9,12-16H2,1-4H3,(H2,21,22,23). The first-order valence-electron chi connectivity index (χ1n) is 9.58. The van der Waals surface area contributed by atoms with Crippen LogP contribution in [0.5, 0.6) is 0 Å². The number of aliphatic imine (C=N–C) groups is 1. The van der Waals surface area contributed by atoms with Crippen molar-refractivity contribution in [1.29, 1.82) is 0 Å². The Morgan fingerprint density at radius 2 is 2.04 bits per heavy atom. The molecule has 2 N–H and O–H groups in total. The van der Waals surface area contributed by atoms with Crippen LogP contribution in [0.1, 0.15) is 38.3 Å². The molecule has 2 rings (SSSR count). The van der Waals surface area contributed by atoms with E-state index in [0.29, 0.717) is 12.1 Å². The molecule has 0 aliphatic carbocycles. The van der Waals surface area contributed by atoms with Gasteiger partial charge in [-0.25, -0.2) is 0 Å². The highest BCUT2D eigenvalue weighted by Gasteiger charge is 2.25. The predicted molar refractivity (Wildman–Crippen MR) is 107 cm³/mol. The van der Waals surface area contributed by atoms with Gasteiger partial charge in [-0.1, -0.05) is 37.3 Å². The maximum Gasteiger partial charge on any atom is 0.191 e. The third kappa shape index (κ3) is 6.33. The SMILES string of the molecule is CCC(C)NC(=NC)NCCCN1CCN(C)CC1c1ccccc1. The van der Waals surface area contributed by atoms with Gasteiger partial charge in [0, 0.05) is 51.9 Å². The van der Waals surface area contributed by atoms with E-state index in [0.717, 1.165) is 51.5 Å². The van der Waals surface area contributed by atoms with Crippen molar-refractivity contribution in [1.82, 2.24) is 20.4 Å². The second kappa shape index (κ2) is 10.4. The van der Waals surface area contributed by atoms with Gasteiger partial charge in [-0.3, -0.25) is 9.89 Å². The summed E-state index contributed by atoms with van der Waals surface area (Å²) in [6.45, 7) is 9.81. The Balaban J connectivity index is 1.82. The first-order valence-corrected chi connectivity index (χ1v) is 9.58. The number of piperazine rings is 1. The van der Waals surface area contributed by atoms with Crippen molar-refractivity contribution in [3.63, 3.8) is 0 Å². The molecule has 1 saturated heterocycles. The summed E-state index contributed by atoms with van der Waals surface area (Å²) in [5, 5.41) is 6.85. The van der Waals surface area contributed by atoms with E-state index in [1.54, 1.807) is 0 Å². The molecule has 0 aromatic heterocycles. The highest BCUT2D eigenvalue weighted by atomic mass is 15.3. The zero-order valence-corrected chi connectivity index (χ0v) is 16.3. The van der Waals surface area contributed by atoms with Crippen LogP contribution in [0.4, 0.5) is 0 Å². The van der Waals surface area contributed by atoms with Crippen molar-refractivity contribution in [2.45, 2.75) is 38.8 Å². The molecule has 5 heteroatoms. The van der Waals surface area contributed by atoms with Gasteiger partial charge in [0.15, 0.2) is 5.96 Å². The molecule has 0 bridgehead atoms. The summed E-state index contributed by atoms with van der Waals surface area (Å²) in [5.41, 5.74) is 1.43. The van der Waals surface area contributed by atoms with Crippen LogP contribution in [0.2, 0.25) is 0 Å². The molecule has 1 aromatic carbocycles. The van der Waals surface area contributed by atoms with Crippen LogP contribution >= 0.6 is 0 Å². The van der Waals surface area contributed by atoms with E-state index in [1.807, 2.05) is 7.05 Å². The molecule has 0 spiro atoms. The summed E-state index contributed by atoms with van der Waals surface area (Å²) < 4.78 is 0. The fourth-order valence-electron chi connectivity index (χ4n) is 3.24. The third-order valence-corrected chi connectivity index (χ3v) is 5.01. The Labute approximate surface area is 153 Å². The summed E-state index contributed by atoms with van der Waals surface area (Å²) >= 11 is 0. The number of hydrogen-bond donors (Lipinski definition) is 2. The van der Waals surface area contributed by atoms with E-state index in [4.69, 9.17) is 0 Å². The van der Waals surface area contributed by atoms with Gasteiger partial charge in [0.05, 0.1) is 0 Å². The van der Waals surface area contributed by atoms with E-state index in [1.165, 1.54) is 5.56 Å². The van der Waals surface area contributed by atoms with Gasteiger partial charge in [-0.05, 0) is 32.4 Å². The van der Waals surface area contributed by atoms with E-state index in [-0.39, 0.29) is 0 Å². The minimum atomic E-state index is 0.450. The fraction of sp³-hybridized carbons (Fsp3) is 0.650. The highest BCUT2D eigenvalue weighted by molar-refractivity contribution is 5.79. The quantitative estimate of drug-likeness (QED) is 0.452. The summed E-state index contributed by atoms with van der Waals surface area (Å²) in [6, 6.07) is 11.9. The summed E-state index contributed by atoms with van der Waals surface area (Å²) in [4.78, 5) is 9.37. The number of nitrogens with zero attached hydrogens (tertiary/aromatic N) is 3. The highest BCUT2D eigenvalue weighted by Crippen LogP contribution is 2.24. The first kappa shape index (κ1) is 19.7. The lowest BCUT2D eigenvalue weighted by molar-refractivity contribution is 0.0891. The molecule has 5 nitrogen and oxygen atoms in total. The van der Waals surface area contributed by atoms with Gasteiger partial charge in [0.1, 0.15) is 0 Å². The normalized spacial score (nSPS) is 21.1. The average Bonchev–Trinajstić information content (AvgIpc) is 2.65. The van der Waals surface area contributed by atoms with Gasteiger partial charge >= 0.3 is 0 Å². The van der Waals surface area contributed by atoms with Gasteiger partial charge < -0.3 is 15.5 Å². The molecule has 0 radical (unpaired) electrons. The number of guanidine groups is 1. The topological polar surface area (TPSA) is 42.9 Å². The van der Waals surface area contributed by atoms with Crippen LogP contribution in [0.25, 0.3) is 0 Å². The van der Waals surface area contributed by atoms with E-state index < -0.39 is 0 Å².